The summed E-state index contributed by atoms with van der Waals surface area (Å²) in [6.45, 7) is 0. The maximum absolute atomic E-state index is 4.34. The lowest BCUT2D eigenvalue weighted by Gasteiger charge is -2.13. The third kappa shape index (κ3) is 1.48. The number of nitrogens with zero attached hydrogens (tertiary/aromatic N) is 3. The van der Waals surface area contributed by atoms with E-state index in [9.17, 15) is 0 Å². The molecule has 0 bridgehead atoms. The Bertz CT molecular complexity index is 492. The fourth-order valence-corrected chi connectivity index (χ4v) is 1.90. The minimum atomic E-state index is 0.485. The highest BCUT2D eigenvalue weighted by Gasteiger charge is 2.12. The summed E-state index contributed by atoms with van der Waals surface area (Å²) in [6.07, 6.45) is 12.0. The zero-order valence-corrected chi connectivity index (χ0v) is 8.30. The normalized spacial score (nSPS) is 16.3. The molecular formula is C11H12N4. The van der Waals surface area contributed by atoms with Gasteiger partial charge in [-0.05, 0) is 18.9 Å². The molecule has 1 aliphatic carbocycles. The molecule has 2 aromatic rings. The van der Waals surface area contributed by atoms with E-state index in [0.717, 1.165) is 24.2 Å². The van der Waals surface area contributed by atoms with E-state index in [1.54, 1.807) is 12.4 Å². The van der Waals surface area contributed by atoms with E-state index in [1.807, 2.05) is 16.8 Å². The summed E-state index contributed by atoms with van der Waals surface area (Å²) in [5, 5.41) is 7.61. The van der Waals surface area contributed by atoms with Gasteiger partial charge in [-0.15, -0.1) is 0 Å². The zero-order chi connectivity index (χ0) is 10.1. The average Bonchev–Trinajstić information content (AvgIpc) is 2.87. The first-order valence-corrected chi connectivity index (χ1v) is 5.13. The molecule has 0 aromatic carbocycles. The fourth-order valence-electron chi connectivity index (χ4n) is 1.90. The number of nitrogens with one attached hydrogen (secondary N) is 1. The van der Waals surface area contributed by atoms with Crippen molar-refractivity contribution in [2.45, 2.75) is 18.9 Å². The molecule has 76 valence electrons. The van der Waals surface area contributed by atoms with Crippen LogP contribution in [0.5, 0.6) is 0 Å². The Labute approximate surface area is 87.6 Å². The third-order valence-electron chi connectivity index (χ3n) is 2.67. The predicted molar refractivity (Wildman–Crippen MR) is 58.8 cm³/mol. The molecule has 0 radical (unpaired) electrons. The van der Waals surface area contributed by atoms with Crippen molar-refractivity contribution in [2.75, 3.05) is 5.32 Å². The van der Waals surface area contributed by atoms with E-state index >= 15 is 0 Å². The number of anilines is 1. The molecule has 15 heavy (non-hydrogen) atoms. The molecule has 1 N–H and O–H groups in total. The van der Waals surface area contributed by atoms with E-state index in [2.05, 4.69) is 27.6 Å². The molecule has 2 aromatic heterocycles. The maximum atomic E-state index is 4.34. The summed E-state index contributed by atoms with van der Waals surface area (Å²) in [6, 6.07) is 2.45. The Morgan fingerprint density at radius 1 is 1.27 bits per heavy atom. The topological polar surface area (TPSA) is 42.2 Å². The van der Waals surface area contributed by atoms with Crippen LogP contribution < -0.4 is 5.32 Å². The van der Waals surface area contributed by atoms with Crippen molar-refractivity contribution in [3.8, 4) is 0 Å². The van der Waals surface area contributed by atoms with E-state index in [0.29, 0.717) is 6.04 Å². The Morgan fingerprint density at radius 2 is 2.13 bits per heavy atom. The quantitative estimate of drug-likeness (QED) is 0.752. The summed E-state index contributed by atoms with van der Waals surface area (Å²) in [4.78, 5) is 4.34. The van der Waals surface area contributed by atoms with Gasteiger partial charge in [0.1, 0.15) is 5.52 Å². The van der Waals surface area contributed by atoms with E-state index in [4.69, 9.17) is 0 Å². The lowest BCUT2D eigenvalue weighted by atomic mass is 10.2. The van der Waals surface area contributed by atoms with Crippen LogP contribution in [0.25, 0.3) is 5.52 Å². The van der Waals surface area contributed by atoms with Crippen LogP contribution in [0.1, 0.15) is 12.8 Å². The number of hydrogen-bond acceptors (Lipinski definition) is 3. The first-order valence-electron chi connectivity index (χ1n) is 5.13. The van der Waals surface area contributed by atoms with Crippen molar-refractivity contribution in [3.63, 3.8) is 0 Å². The van der Waals surface area contributed by atoms with Gasteiger partial charge in [-0.2, -0.15) is 5.10 Å². The lowest BCUT2D eigenvalue weighted by molar-refractivity contribution is 0.779. The zero-order valence-electron chi connectivity index (χ0n) is 8.30. The van der Waals surface area contributed by atoms with Gasteiger partial charge in [0.2, 0.25) is 0 Å². The fraction of sp³-hybridized carbons (Fsp3) is 0.273. The molecule has 0 spiro atoms. The van der Waals surface area contributed by atoms with Crippen molar-refractivity contribution in [1.82, 2.24) is 14.6 Å². The van der Waals surface area contributed by atoms with Gasteiger partial charge in [-0.1, -0.05) is 12.2 Å². The third-order valence-corrected chi connectivity index (χ3v) is 2.67. The summed E-state index contributed by atoms with van der Waals surface area (Å²) in [5.41, 5.74) is 1.03. The Balaban J connectivity index is 1.92. The molecular weight excluding hydrogens is 188 g/mol. The summed E-state index contributed by atoms with van der Waals surface area (Å²) in [5.74, 6) is 0.920. The smallest absolute Gasteiger partial charge is 0.152 e. The lowest BCUT2D eigenvalue weighted by Crippen LogP contribution is -2.16. The highest BCUT2D eigenvalue weighted by atomic mass is 15.2. The molecule has 4 heteroatoms. The van der Waals surface area contributed by atoms with Crippen molar-refractivity contribution >= 4 is 11.3 Å². The van der Waals surface area contributed by atoms with Gasteiger partial charge in [0.15, 0.2) is 5.82 Å². The molecule has 4 nitrogen and oxygen atoms in total. The molecule has 0 unspecified atom stereocenters. The maximum Gasteiger partial charge on any atom is 0.152 e. The number of aromatic nitrogens is 3. The van der Waals surface area contributed by atoms with Crippen molar-refractivity contribution in [1.29, 1.82) is 0 Å². The SMILES string of the molecule is C1=CCC(Nc2nccn3nccc23)C1. The van der Waals surface area contributed by atoms with Gasteiger partial charge >= 0.3 is 0 Å². The van der Waals surface area contributed by atoms with Crippen LogP contribution in [-0.2, 0) is 0 Å². The van der Waals surface area contributed by atoms with Crippen LogP contribution in [0, 0.1) is 0 Å². The molecule has 0 fully saturated rings. The molecule has 1 aliphatic rings. The van der Waals surface area contributed by atoms with Crippen LogP contribution in [0.15, 0.2) is 36.8 Å². The first-order chi connectivity index (χ1) is 7.43. The van der Waals surface area contributed by atoms with Crippen molar-refractivity contribution in [2.24, 2.45) is 0 Å². The second kappa shape index (κ2) is 3.38. The van der Waals surface area contributed by atoms with Crippen molar-refractivity contribution < 1.29 is 0 Å². The summed E-state index contributed by atoms with van der Waals surface area (Å²) >= 11 is 0. The van der Waals surface area contributed by atoms with Gasteiger partial charge in [-0.25, -0.2) is 9.50 Å². The molecule has 0 atom stereocenters. The highest BCUT2D eigenvalue weighted by molar-refractivity contribution is 5.67. The second-order valence-corrected chi connectivity index (χ2v) is 3.72. The number of hydrogen-bond donors (Lipinski definition) is 1. The molecule has 0 amide bonds. The molecule has 0 aliphatic heterocycles. The van der Waals surface area contributed by atoms with Gasteiger partial charge in [0.25, 0.3) is 0 Å². The van der Waals surface area contributed by atoms with Crippen molar-refractivity contribution in [3.05, 3.63) is 36.8 Å². The molecule has 2 heterocycles. The first kappa shape index (κ1) is 8.47. The molecule has 0 saturated carbocycles. The van der Waals surface area contributed by atoms with Crippen LogP contribution in [-0.4, -0.2) is 20.6 Å². The minimum absolute atomic E-state index is 0.485. The number of fused-ring (bicyclic) bond motifs is 1. The van der Waals surface area contributed by atoms with E-state index in [-0.39, 0.29) is 0 Å². The minimum Gasteiger partial charge on any atom is -0.365 e. The molecule has 0 saturated heterocycles. The summed E-state index contributed by atoms with van der Waals surface area (Å²) in [7, 11) is 0. The van der Waals surface area contributed by atoms with Crippen LogP contribution in [0.4, 0.5) is 5.82 Å². The van der Waals surface area contributed by atoms with Crippen LogP contribution >= 0.6 is 0 Å². The van der Waals surface area contributed by atoms with Gasteiger partial charge in [0, 0.05) is 18.4 Å². The number of rotatable bonds is 2. The van der Waals surface area contributed by atoms with Crippen LogP contribution in [0.2, 0.25) is 0 Å². The Kier molecular flexibility index (Phi) is 1.91. The Hall–Kier alpha value is -1.84. The predicted octanol–water partition coefficient (Wildman–Crippen LogP) is 1.86. The second-order valence-electron chi connectivity index (χ2n) is 3.72. The van der Waals surface area contributed by atoms with E-state index in [1.165, 1.54) is 0 Å². The highest BCUT2D eigenvalue weighted by Crippen LogP contribution is 2.18. The standard InChI is InChI=1S/C11H12N4/c1-2-4-9(3-1)14-11-10-5-6-13-15(10)8-7-12-11/h1-2,5-9H,3-4H2,(H,12,14). The molecule has 3 rings (SSSR count). The summed E-state index contributed by atoms with van der Waals surface area (Å²) < 4.78 is 1.83. The average molecular weight is 200 g/mol. The monoisotopic (exact) mass is 200 g/mol. The van der Waals surface area contributed by atoms with Gasteiger partial charge in [0.05, 0.1) is 6.20 Å². The largest absolute Gasteiger partial charge is 0.365 e. The Morgan fingerprint density at radius 3 is 3.00 bits per heavy atom. The van der Waals surface area contributed by atoms with Crippen LogP contribution in [0.3, 0.4) is 0 Å². The van der Waals surface area contributed by atoms with E-state index < -0.39 is 0 Å². The van der Waals surface area contributed by atoms with Gasteiger partial charge in [-0.3, -0.25) is 0 Å². The van der Waals surface area contributed by atoms with Gasteiger partial charge < -0.3 is 5.32 Å².